The summed E-state index contributed by atoms with van der Waals surface area (Å²) in [6, 6.07) is 2.21. The molecule has 0 heterocycles. The second kappa shape index (κ2) is 5.25. The molecule has 0 N–H and O–H groups in total. The summed E-state index contributed by atoms with van der Waals surface area (Å²) >= 11 is 0. The van der Waals surface area contributed by atoms with Crippen LogP contribution >= 0.6 is 0 Å². The summed E-state index contributed by atoms with van der Waals surface area (Å²) in [5, 5.41) is 8.48. The van der Waals surface area contributed by atoms with Crippen LogP contribution in [0.25, 0.3) is 0 Å². The molecular formula is C8H16N2. The topological polar surface area (TPSA) is 27.0 Å². The predicted octanol–water partition coefficient (Wildman–Crippen LogP) is 1.49. The standard InChI is InChI=1S/C8H16N2/c1-4-5-10(3)7-8(2)6-9/h8H,4-5,7H2,1-3H3. The first-order valence-corrected chi connectivity index (χ1v) is 3.78. The van der Waals surface area contributed by atoms with Gasteiger partial charge in [0.15, 0.2) is 0 Å². The fourth-order valence-corrected chi connectivity index (χ4v) is 0.981. The first-order chi connectivity index (χ1) is 4.70. The maximum atomic E-state index is 8.48. The average Bonchev–Trinajstić information content (AvgIpc) is 1.88. The van der Waals surface area contributed by atoms with Crippen molar-refractivity contribution in [2.24, 2.45) is 5.92 Å². The lowest BCUT2D eigenvalue weighted by molar-refractivity contribution is 0.311. The van der Waals surface area contributed by atoms with E-state index >= 15 is 0 Å². The minimum atomic E-state index is 0.163. The molecule has 0 spiro atoms. The van der Waals surface area contributed by atoms with E-state index in [9.17, 15) is 0 Å². The number of nitriles is 1. The molecular weight excluding hydrogens is 124 g/mol. The van der Waals surface area contributed by atoms with Crippen LogP contribution in [0.5, 0.6) is 0 Å². The molecule has 1 atom stereocenters. The maximum absolute atomic E-state index is 8.48. The molecule has 1 unspecified atom stereocenters. The van der Waals surface area contributed by atoms with Crippen LogP contribution in [-0.4, -0.2) is 25.0 Å². The van der Waals surface area contributed by atoms with Crippen molar-refractivity contribution >= 4 is 0 Å². The Bertz CT molecular complexity index is 115. The van der Waals surface area contributed by atoms with E-state index in [1.165, 1.54) is 0 Å². The van der Waals surface area contributed by atoms with Crippen molar-refractivity contribution in [3.63, 3.8) is 0 Å². The molecule has 0 saturated carbocycles. The zero-order chi connectivity index (χ0) is 7.98. The molecule has 0 rings (SSSR count). The maximum Gasteiger partial charge on any atom is 0.0666 e. The molecule has 10 heavy (non-hydrogen) atoms. The van der Waals surface area contributed by atoms with E-state index in [2.05, 4.69) is 24.9 Å². The van der Waals surface area contributed by atoms with Crippen molar-refractivity contribution in [3.8, 4) is 6.07 Å². The van der Waals surface area contributed by atoms with Crippen molar-refractivity contribution in [1.29, 1.82) is 5.26 Å². The van der Waals surface area contributed by atoms with Crippen LogP contribution in [0.15, 0.2) is 0 Å². The fourth-order valence-electron chi connectivity index (χ4n) is 0.981. The van der Waals surface area contributed by atoms with Gasteiger partial charge in [0.1, 0.15) is 0 Å². The zero-order valence-electron chi connectivity index (χ0n) is 7.09. The Morgan fingerprint density at radius 2 is 2.20 bits per heavy atom. The van der Waals surface area contributed by atoms with Gasteiger partial charge in [-0.25, -0.2) is 0 Å². The summed E-state index contributed by atoms with van der Waals surface area (Å²) in [5.41, 5.74) is 0. The molecule has 0 aliphatic carbocycles. The highest BCUT2D eigenvalue weighted by atomic mass is 15.1. The third-order valence-electron chi connectivity index (χ3n) is 1.41. The van der Waals surface area contributed by atoms with Crippen molar-refractivity contribution in [1.82, 2.24) is 4.90 Å². The van der Waals surface area contributed by atoms with E-state index in [0.717, 1.165) is 19.5 Å². The van der Waals surface area contributed by atoms with Crippen LogP contribution in [0.1, 0.15) is 20.3 Å². The highest BCUT2D eigenvalue weighted by Gasteiger charge is 2.02. The smallest absolute Gasteiger partial charge is 0.0666 e. The van der Waals surface area contributed by atoms with E-state index in [4.69, 9.17) is 5.26 Å². The SMILES string of the molecule is CCCN(C)CC(C)C#N. The van der Waals surface area contributed by atoms with Gasteiger partial charge < -0.3 is 4.90 Å². The van der Waals surface area contributed by atoms with E-state index in [1.807, 2.05) is 6.92 Å². The average molecular weight is 140 g/mol. The summed E-state index contributed by atoms with van der Waals surface area (Å²) in [4.78, 5) is 2.19. The van der Waals surface area contributed by atoms with Gasteiger partial charge in [-0.3, -0.25) is 0 Å². The Balaban J connectivity index is 3.39. The Morgan fingerprint density at radius 1 is 1.60 bits per heavy atom. The van der Waals surface area contributed by atoms with Gasteiger partial charge in [-0.05, 0) is 26.9 Å². The van der Waals surface area contributed by atoms with Gasteiger partial charge in [-0.2, -0.15) is 5.26 Å². The van der Waals surface area contributed by atoms with E-state index in [0.29, 0.717) is 0 Å². The van der Waals surface area contributed by atoms with Crippen LogP contribution in [0.4, 0.5) is 0 Å². The lowest BCUT2D eigenvalue weighted by Gasteiger charge is -2.15. The van der Waals surface area contributed by atoms with E-state index in [-0.39, 0.29) is 5.92 Å². The lowest BCUT2D eigenvalue weighted by Crippen LogP contribution is -2.24. The van der Waals surface area contributed by atoms with Crippen molar-refractivity contribution in [3.05, 3.63) is 0 Å². The highest BCUT2D eigenvalue weighted by molar-refractivity contribution is 4.80. The first-order valence-electron chi connectivity index (χ1n) is 3.78. The summed E-state index contributed by atoms with van der Waals surface area (Å²) in [6.07, 6.45) is 1.16. The van der Waals surface area contributed by atoms with Gasteiger partial charge in [-0.1, -0.05) is 6.92 Å². The Kier molecular flexibility index (Phi) is 4.96. The normalized spacial score (nSPS) is 13.1. The molecule has 0 aliphatic rings. The Morgan fingerprint density at radius 3 is 2.60 bits per heavy atom. The number of hydrogen-bond donors (Lipinski definition) is 0. The first kappa shape index (κ1) is 9.45. The molecule has 58 valence electrons. The Labute approximate surface area is 63.4 Å². The third kappa shape index (κ3) is 4.34. The summed E-state index contributed by atoms with van der Waals surface area (Å²) < 4.78 is 0. The molecule has 0 aromatic rings. The fraction of sp³-hybridized carbons (Fsp3) is 0.875. The number of rotatable bonds is 4. The van der Waals surface area contributed by atoms with Gasteiger partial charge in [0.2, 0.25) is 0 Å². The van der Waals surface area contributed by atoms with Crippen LogP contribution in [0, 0.1) is 17.2 Å². The molecule has 0 radical (unpaired) electrons. The largest absolute Gasteiger partial charge is 0.305 e. The molecule has 0 bridgehead atoms. The zero-order valence-corrected chi connectivity index (χ0v) is 7.09. The van der Waals surface area contributed by atoms with Crippen molar-refractivity contribution < 1.29 is 0 Å². The van der Waals surface area contributed by atoms with Gasteiger partial charge in [0.25, 0.3) is 0 Å². The molecule has 0 amide bonds. The quantitative estimate of drug-likeness (QED) is 0.591. The Hall–Kier alpha value is -0.550. The molecule has 0 aliphatic heterocycles. The molecule has 0 aromatic carbocycles. The van der Waals surface area contributed by atoms with Crippen molar-refractivity contribution in [2.75, 3.05) is 20.1 Å². The molecule has 2 nitrogen and oxygen atoms in total. The van der Waals surface area contributed by atoms with Gasteiger partial charge in [0, 0.05) is 6.54 Å². The van der Waals surface area contributed by atoms with Crippen LogP contribution in [-0.2, 0) is 0 Å². The van der Waals surface area contributed by atoms with E-state index < -0.39 is 0 Å². The predicted molar refractivity (Wildman–Crippen MR) is 42.6 cm³/mol. The van der Waals surface area contributed by atoms with Crippen LogP contribution in [0.3, 0.4) is 0 Å². The summed E-state index contributed by atoms with van der Waals surface area (Å²) in [5.74, 6) is 0.163. The lowest BCUT2D eigenvalue weighted by atomic mass is 10.2. The third-order valence-corrected chi connectivity index (χ3v) is 1.41. The number of hydrogen-bond acceptors (Lipinski definition) is 2. The second-order valence-electron chi connectivity index (χ2n) is 2.79. The molecule has 0 fully saturated rings. The molecule has 2 heteroatoms. The van der Waals surface area contributed by atoms with Crippen LogP contribution in [0.2, 0.25) is 0 Å². The minimum absolute atomic E-state index is 0.163. The summed E-state index contributed by atoms with van der Waals surface area (Å²) in [6.45, 7) is 6.08. The minimum Gasteiger partial charge on any atom is -0.305 e. The van der Waals surface area contributed by atoms with Crippen molar-refractivity contribution in [2.45, 2.75) is 20.3 Å². The molecule has 0 saturated heterocycles. The number of nitrogens with zero attached hydrogens (tertiary/aromatic N) is 2. The van der Waals surface area contributed by atoms with Gasteiger partial charge >= 0.3 is 0 Å². The van der Waals surface area contributed by atoms with Gasteiger partial charge in [0.05, 0.1) is 12.0 Å². The van der Waals surface area contributed by atoms with Crippen LogP contribution < -0.4 is 0 Å². The monoisotopic (exact) mass is 140 g/mol. The summed E-state index contributed by atoms with van der Waals surface area (Å²) in [7, 11) is 2.05. The second-order valence-corrected chi connectivity index (χ2v) is 2.79. The van der Waals surface area contributed by atoms with Gasteiger partial charge in [-0.15, -0.1) is 0 Å². The molecule has 0 aromatic heterocycles. The highest BCUT2D eigenvalue weighted by Crippen LogP contribution is 1.95. The van der Waals surface area contributed by atoms with E-state index in [1.54, 1.807) is 0 Å².